The molecule has 0 bridgehead atoms. The Hall–Kier alpha value is -1.61. The fourth-order valence-electron chi connectivity index (χ4n) is 1.54. The molecule has 122 valence electrons. The standard InChI is InChI=1S/C12H11Cl3N6OS/c13-12(14,15)10(18-9(22)8-4-2-1-3-5-8)19-11(23)20-21-6-16-17-7-21/h1-7,10H,(H,18,22)(H2,19,20,23). The van der Waals surface area contributed by atoms with Gasteiger partial charge in [0, 0.05) is 5.56 Å². The molecule has 1 atom stereocenters. The van der Waals surface area contributed by atoms with E-state index >= 15 is 0 Å². The van der Waals surface area contributed by atoms with Gasteiger partial charge < -0.3 is 10.6 Å². The van der Waals surface area contributed by atoms with E-state index in [9.17, 15) is 4.79 Å². The van der Waals surface area contributed by atoms with E-state index in [1.54, 1.807) is 30.3 Å². The molecule has 1 aromatic carbocycles. The van der Waals surface area contributed by atoms with Crippen LogP contribution in [0.2, 0.25) is 0 Å². The zero-order chi connectivity index (χ0) is 16.9. The fraction of sp³-hybridized carbons (Fsp3) is 0.167. The lowest BCUT2D eigenvalue weighted by Gasteiger charge is -2.27. The minimum Gasteiger partial charge on any atom is -0.338 e. The van der Waals surface area contributed by atoms with E-state index in [0.717, 1.165) is 0 Å². The third-order valence-corrected chi connectivity index (χ3v) is 3.43. The average Bonchev–Trinajstić information content (AvgIpc) is 2.99. The summed E-state index contributed by atoms with van der Waals surface area (Å²) in [6.07, 6.45) is 1.72. The number of halogens is 3. The molecule has 23 heavy (non-hydrogen) atoms. The third kappa shape index (κ3) is 5.51. The lowest BCUT2D eigenvalue weighted by molar-refractivity contribution is 0.0934. The minimum atomic E-state index is -1.83. The van der Waals surface area contributed by atoms with Crippen LogP contribution in [0.15, 0.2) is 43.0 Å². The second kappa shape index (κ2) is 7.78. The number of nitrogens with one attached hydrogen (secondary N) is 3. The molecule has 1 aromatic heterocycles. The summed E-state index contributed by atoms with van der Waals surface area (Å²) in [7, 11) is 0. The Morgan fingerprint density at radius 2 is 1.74 bits per heavy atom. The van der Waals surface area contributed by atoms with Crippen molar-refractivity contribution in [2.75, 3.05) is 5.43 Å². The van der Waals surface area contributed by atoms with Gasteiger partial charge in [-0.1, -0.05) is 53.0 Å². The maximum atomic E-state index is 12.2. The van der Waals surface area contributed by atoms with Gasteiger partial charge in [0.05, 0.1) is 0 Å². The Morgan fingerprint density at radius 1 is 1.13 bits per heavy atom. The summed E-state index contributed by atoms with van der Waals surface area (Å²) in [5, 5.41) is 12.6. The second-order valence-corrected chi connectivity index (χ2v) is 7.05. The van der Waals surface area contributed by atoms with Gasteiger partial charge in [0.1, 0.15) is 18.8 Å². The van der Waals surface area contributed by atoms with E-state index in [1.807, 2.05) is 0 Å². The molecule has 0 spiro atoms. The first-order valence-corrected chi connectivity index (χ1v) is 7.75. The Labute approximate surface area is 152 Å². The maximum Gasteiger partial charge on any atom is 0.252 e. The van der Waals surface area contributed by atoms with Crippen LogP contribution in [0.1, 0.15) is 10.4 Å². The summed E-state index contributed by atoms with van der Waals surface area (Å²) >= 11 is 22.8. The molecule has 2 aromatic rings. The van der Waals surface area contributed by atoms with Crippen LogP contribution in [-0.4, -0.2) is 35.9 Å². The van der Waals surface area contributed by atoms with E-state index in [0.29, 0.717) is 5.56 Å². The number of benzene rings is 1. The van der Waals surface area contributed by atoms with Crippen molar-refractivity contribution in [1.82, 2.24) is 25.5 Å². The molecule has 1 amide bonds. The van der Waals surface area contributed by atoms with Crippen LogP contribution in [0.3, 0.4) is 0 Å². The fourth-order valence-corrected chi connectivity index (χ4v) is 2.09. The molecular formula is C12H11Cl3N6OS. The zero-order valence-corrected chi connectivity index (χ0v) is 14.5. The van der Waals surface area contributed by atoms with E-state index in [2.05, 4.69) is 26.3 Å². The van der Waals surface area contributed by atoms with E-state index in [-0.39, 0.29) is 5.11 Å². The Bertz CT molecular complexity index is 661. The maximum absolute atomic E-state index is 12.2. The third-order valence-electron chi connectivity index (χ3n) is 2.56. The molecule has 7 nitrogen and oxygen atoms in total. The number of alkyl halides is 3. The van der Waals surface area contributed by atoms with Crippen molar-refractivity contribution in [3.63, 3.8) is 0 Å². The van der Waals surface area contributed by atoms with Crippen LogP contribution in [0.25, 0.3) is 0 Å². The first-order valence-electron chi connectivity index (χ1n) is 6.21. The van der Waals surface area contributed by atoms with Crippen molar-refractivity contribution in [3.05, 3.63) is 48.5 Å². The lowest BCUT2D eigenvalue weighted by Crippen LogP contribution is -2.56. The first-order chi connectivity index (χ1) is 10.9. The number of amides is 1. The van der Waals surface area contributed by atoms with Crippen molar-refractivity contribution in [2.24, 2.45) is 0 Å². The highest BCUT2D eigenvalue weighted by atomic mass is 35.6. The van der Waals surface area contributed by atoms with Gasteiger partial charge in [-0.15, -0.1) is 10.2 Å². The molecule has 0 aliphatic heterocycles. The predicted molar refractivity (Wildman–Crippen MR) is 93.1 cm³/mol. The SMILES string of the molecule is O=C(NC(NC(=S)Nn1cnnc1)C(Cl)(Cl)Cl)c1ccccc1. The van der Waals surface area contributed by atoms with Crippen LogP contribution in [0.4, 0.5) is 0 Å². The topological polar surface area (TPSA) is 83.9 Å². The molecule has 0 saturated heterocycles. The van der Waals surface area contributed by atoms with Crippen molar-refractivity contribution in [1.29, 1.82) is 0 Å². The van der Waals surface area contributed by atoms with E-state index in [4.69, 9.17) is 47.0 Å². The second-order valence-electron chi connectivity index (χ2n) is 4.27. The summed E-state index contributed by atoms with van der Waals surface area (Å²) in [6.45, 7) is 0. The number of rotatable bonds is 4. The Kier molecular flexibility index (Phi) is 6.00. The van der Waals surface area contributed by atoms with Gasteiger partial charge >= 0.3 is 0 Å². The van der Waals surface area contributed by atoms with Gasteiger partial charge in [-0.2, -0.15) is 0 Å². The molecule has 0 saturated carbocycles. The molecule has 3 N–H and O–H groups in total. The van der Waals surface area contributed by atoms with Crippen LogP contribution < -0.4 is 16.1 Å². The molecule has 0 radical (unpaired) electrons. The van der Waals surface area contributed by atoms with Gasteiger partial charge in [-0.3, -0.25) is 10.2 Å². The van der Waals surface area contributed by atoms with Crippen LogP contribution >= 0.6 is 47.0 Å². The zero-order valence-electron chi connectivity index (χ0n) is 11.4. The molecule has 11 heteroatoms. The number of carbonyl (C=O) groups is 1. The number of hydrogen-bond donors (Lipinski definition) is 3. The number of aromatic nitrogens is 3. The predicted octanol–water partition coefficient (Wildman–Crippen LogP) is 1.82. The van der Waals surface area contributed by atoms with E-state index in [1.165, 1.54) is 17.3 Å². The molecule has 0 aliphatic rings. The van der Waals surface area contributed by atoms with Gasteiger partial charge in [0.15, 0.2) is 5.11 Å². The van der Waals surface area contributed by atoms with Crippen molar-refractivity contribution < 1.29 is 4.79 Å². The van der Waals surface area contributed by atoms with Gasteiger partial charge in [-0.05, 0) is 24.4 Å². The summed E-state index contributed by atoms with van der Waals surface area (Å²) in [4.78, 5) is 12.2. The number of thiocarbonyl (C=S) groups is 1. The largest absolute Gasteiger partial charge is 0.338 e. The molecule has 0 aliphatic carbocycles. The number of nitrogens with zero attached hydrogens (tertiary/aromatic N) is 3. The van der Waals surface area contributed by atoms with Crippen LogP contribution in [0.5, 0.6) is 0 Å². The molecule has 2 rings (SSSR count). The normalized spacial score (nSPS) is 12.3. The molecular weight excluding hydrogens is 383 g/mol. The van der Waals surface area contributed by atoms with Crippen LogP contribution in [0, 0.1) is 0 Å². The van der Waals surface area contributed by atoms with Gasteiger partial charge in [0.25, 0.3) is 5.91 Å². The van der Waals surface area contributed by atoms with Crippen molar-refractivity contribution in [2.45, 2.75) is 9.96 Å². The average molecular weight is 394 g/mol. The smallest absolute Gasteiger partial charge is 0.252 e. The van der Waals surface area contributed by atoms with Crippen molar-refractivity contribution in [3.8, 4) is 0 Å². The van der Waals surface area contributed by atoms with Crippen LogP contribution in [-0.2, 0) is 0 Å². The van der Waals surface area contributed by atoms with Gasteiger partial charge in [0.2, 0.25) is 3.79 Å². The molecule has 0 fully saturated rings. The summed E-state index contributed by atoms with van der Waals surface area (Å²) in [5.74, 6) is -0.415. The summed E-state index contributed by atoms with van der Waals surface area (Å²) in [5.41, 5.74) is 3.14. The lowest BCUT2D eigenvalue weighted by atomic mass is 10.2. The highest BCUT2D eigenvalue weighted by molar-refractivity contribution is 7.80. The Morgan fingerprint density at radius 3 is 2.30 bits per heavy atom. The highest BCUT2D eigenvalue weighted by Crippen LogP contribution is 2.29. The van der Waals surface area contributed by atoms with E-state index < -0.39 is 15.9 Å². The van der Waals surface area contributed by atoms with Crippen molar-refractivity contribution >= 4 is 58.0 Å². The molecule has 1 unspecified atom stereocenters. The quantitative estimate of drug-likeness (QED) is 0.417. The first kappa shape index (κ1) is 17.7. The number of hydrogen-bond acceptors (Lipinski definition) is 4. The monoisotopic (exact) mass is 392 g/mol. The summed E-state index contributed by atoms with van der Waals surface area (Å²) < 4.78 is -0.437. The summed E-state index contributed by atoms with van der Waals surface area (Å²) in [6, 6.07) is 8.52. The molecule has 1 heterocycles. The number of carbonyl (C=O) groups excluding carboxylic acids is 1. The van der Waals surface area contributed by atoms with Gasteiger partial charge in [-0.25, -0.2) is 4.68 Å². The minimum absolute atomic E-state index is 0.106. The highest BCUT2D eigenvalue weighted by Gasteiger charge is 2.34. The Balaban J connectivity index is 2.02.